The molecule has 0 spiro atoms. The third-order valence-electron chi connectivity index (χ3n) is 4.52. The fraction of sp³-hybridized carbons (Fsp3) is 0.273. The second-order valence-corrected chi connectivity index (χ2v) is 6.90. The topological polar surface area (TPSA) is 48.4 Å². The van der Waals surface area contributed by atoms with E-state index in [0.29, 0.717) is 33.8 Å². The molecular formula is C22H19ClF3NO3. The number of carbonyl (C=O) groups is 1. The molecular weight excluding hydrogens is 419 g/mol. The van der Waals surface area contributed by atoms with E-state index in [1.807, 2.05) is 0 Å². The van der Waals surface area contributed by atoms with Crippen molar-refractivity contribution in [1.29, 1.82) is 0 Å². The smallest absolute Gasteiger partial charge is 0.416 e. The molecule has 2 aromatic carbocycles. The van der Waals surface area contributed by atoms with E-state index in [0.717, 1.165) is 12.1 Å². The number of pyridine rings is 1. The van der Waals surface area contributed by atoms with Crippen LogP contribution in [0.2, 0.25) is 5.02 Å². The van der Waals surface area contributed by atoms with E-state index in [4.69, 9.17) is 21.1 Å². The van der Waals surface area contributed by atoms with Gasteiger partial charge in [-0.2, -0.15) is 13.2 Å². The lowest BCUT2D eigenvalue weighted by Gasteiger charge is -2.16. The molecule has 0 aliphatic heterocycles. The zero-order chi connectivity index (χ0) is 22.1. The summed E-state index contributed by atoms with van der Waals surface area (Å²) in [6.07, 6.45) is -4.50. The van der Waals surface area contributed by atoms with Crippen LogP contribution in [0.25, 0.3) is 22.2 Å². The van der Waals surface area contributed by atoms with E-state index in [9.17, 15) is 18.0 Å². The predicted octanol–water partition coefficient (Wildman–Crippen LogP) is 6.46. The molecule has 0 saturated carbocycles. The number of rotatable bonds is 5. The average Bonchev–Trinajstić information content (AvgIpc) is 2.68. The number of hydrogen-bond acceptors (Lipinski definition) is 4. The zero-order valence-electron chi connectivity index (χ0n) is 16.6. The lowest BCUT2D eigenvalue weighted by atomic mass is 9.96. The number of halogens is 4. The van der Waals surface area contributed by atoms with E-state index in [2.05, 4.69) is 4.98 Å². The molecule has 4 nitrogen and oxygen atoms in total. The number of esters is 1. The highest BCUT2D eigenvalue weighted by atomic mass is 35.5. The highest BCUT2D eigenvalue weighted by molar-refractivity contribution is 6.33. The maximum absolute atomic E-state index is 13.2. The van der Waals surface area contributed by atoms with Crippen molar-refractivity contribution >= 4 is 28.5 Å². The summed E-state index contributed by atoms with van der Waals surface area (Å²) in [7, 11) is 0. The monoisotopic (exact) mass is 437 g/mol. The van der Waals surface area contributed by atoms with E-state index < -0.39 is 17.7 Å². The Morgan fingerprint density at radius 1 is 1.13 bits per heavy atom. The van der Waals surface area contributed by atoms with Crippen LogP contribution in [0.15, 0.2) is 36.4 Å². The second kappa shape index (κ2) is 8.52. The quantitative estimate of drug-likeness (QED) is 0.430. The molecule has 0 atom stereocenters. The van der Waals surface area contributed by atoms with Gasteiger partial charge in [0.05, 0.1) is 40.6 Å². The van der Waals surface area contributed by atoms with Crippen LogP contribution in [0.4, 0.5) is 13.2 Å². The fourth-order valence-electron chi connectivity index (χ4n) is 3.22. The van der Waals surface area contributed by atoms with Gasteiger partial charge in [0, 0.05) is 17.0 Å². The van der Waals surface area contributed by atoms with Crippen LogP contribution < -0.4 is 4.74 Å². The molecule has 1 aromatic heterocycles. The van der Waals surface area contributed by atoms with E-state index in [1.54, 1.807) is 32.9 Å². The minimum absolute atomic E-state index is 0.145. The Morgan fingerprint density at radius 2 is 1.87 bits per heavy atom. The average molecular weight is 438 g/mol. The van der Waals surface area contributed by atoms with Gasteiger partial charge >= 0.3 is 12.1 Å². The summed E-state index contributed by atoms with van der Waals surface area (Å²) in [5, 5.41) is 0.734. The van der Waals surface area contributed by atoms with Gasteiger partial charge in [-0.25, -0.2) is 9.78 Å². The summed E-state index contributed by atoms with van der Waals surface area (Å²) in [6, 6.07) is 7.95. The third kappa shape index (κ3) is 4.21. The summed E-state index contributed by atoms with van der Waals surface area (Å²) >= 11 is 6.29. The van der Waals surface area contributed by atoms with Gasteiger partial charge in [0.1, 0.15) is 5.75 Å². The molecule has 0 radical (unpaired) electrons. The van der Waals surface area contributed by atoms with Crippen molar-refractivity contribution in [2.75, 3.05) is 13.2 Å². The molecule has 0 aliphatic carbocycles. The standard InChI is InChI=1S/C22H19ClF3NO3/c1-4-29-18-11-17-15(10-16(18)23)19(21(28)30-5-2)12(3)20(27-17)13-7-6-8-14(9-13)22(24,25)26/h6-11H,4-5H2,1-3H3. The first-order chi connectivity index (χ1) is 14.2. The van der Waals surface area contributed by atoms with Crippen LogP contribution in [-0.4, -0.2) is 24.2 Å². The van der Waals surface area contributed by atoms with Crippen molar-refractivity contribution in [3.8, 4) is 17.0 Å². The molecule has 0 saturated heterocycles. The summed E-state index contributed by atoms with van der Waals surface area (Å²) in [5.74, 6) is -0.233. The Bertz CT molecular complexity index is 1110. The summed E-state index contributed by atoms with van der Waals surface area (Å²) in [4.78, 5) is 17.2. The van der Waals surface area contributed by atoms with Gasteiger partial charge in [0.25, 0.3) is 0 Å². The van der Waals surface area contributed by atoms with Crippen LogP contribution in [0.3, 0.4) is 0 Å². The number of fused-ring (bicyclic) bond motifs is 1. The number of ether oxygens (including phenoxy) is 2. The van der Waals surface area contributed by atoms with Crippen LogP contribution in [0.1, 0.15) is 35.3 Å². The number of carbonyl (C=O) groups excluding carboxylic acids is 1. The molecule has 3 rings (SSSR count). The van der Waals surface area contributed by atoms with Crippen molar-refractivity contribution in [2.24, 2.45) is 0 Å². The van der Waals surface area contributed by atoms with Crippen molar-refractivity contribution in [3.63, 3.8) is 0 Å². The molecule has 30 heavy (non-hydrogen) atoms. The number of alkyl halides is 3. The van der Waals surface area contributed by atoms with Crippen LogP contribution in [0, 0.1) is 6.92 Å². The van der Waals surface area contributed by atoms with E-state index in [1.165, 1.54) is 12.1 Å². The Balaban J connectivity index is 2.33. The first kappa shape index (κ1) is 21.9. The number of benzene rings is 2. The number of aromatic nitrogens is 1. The summed E-state index contributed by atoms with van der Waals surface area (Å²) < 4.78 is 50.3. The Kier molecular flexibility index (Phi) is 6.22. The van der Waals surface area contributed by atoms with Gasteiger partial charge in [-0.05, 0) is 44.5 Å². The van der Waals surface area contributed by atoms with Crippen molar-refractivity contribution in [1.82, 2.24) is 4.98 Å². The first-order valence-electron chi connectivity index (χ1n) is 9.28. The lowest BCUT2D eigenvalue weighted by molar-refractivity contribution is -0.137. The Labute approximate surface area is 176 Å². The van der Waals surface area contributed by atoms with Crippen molar-refractivity contribution < 1.29 is 27.4 Å². The fourth-order valence-corrected chi connectivity index (χ4v) is 3.43. The number of nitrogens with zero attached hydrogens (tertiary/aromatic N) is 1. The van der Waals surface area contributed by atoms with Crippen molar-refractivity contribution in [2.45, 2.75) is 26.9 Å². The molecule has 158 valence electrons. The van der Waals surface area contributed by atoms with Gasteiger partial charge in [-0.1, -0.05) is 23.7 Å². The lowest BCUT2D eigenvalue weighted by Crippen LogP contribution is -2.10. The number of hydrogen-bond donors (Lipinski definition) is 0. The SMILES string of the molecule is CCOC(=O)c1c(C)c(-c2cccc(C(F)(F)F)c2)nc2cc(OCC)c(Cl)cc12. The molecule has 0 bridgehead atoms. The molecule has 0 fully saturated rings. The largest absolute Gasteiger partial charge is 0.492 e. The first-order valence-corrected chi connectivity index (χ1v) is 9.66. The van der Waals surface area contributed by atoms with Crippen LogP contribution >= 0.6 is 11.6 Å². The highest BCUT2D eigenvalue weighted by Gasteiger charge is 2.31. The van der Waals surface area contributed by atoms with Crippen LogP contribution in [-0.2, 0) is 10.9 Å². The minimum Gasteiger partial charge on any atom is -0.492 e. The van der Waals surface area contributed by atoms with E-state index >= 15 is 0 Å². The maximum Gasteiger partial charge on any atom is 0.416 e. The Morgan fingerprint density at radius 3 is 2.50 bits per heavy atom. The Hall–Kier alpha value is -2.80. The van der Waals surface area contributed by atoms with Gasteiger partial charge in [-0.15, -0.1) is 0 Å². The second-order valence-electron chi connectivity index (χ2n) is 6.49. The molecule has 0 N–H and O–H groups in total. The van der Waals surface area contributed by atoms with Gasteiger partial charge in [0.2, 0.25) is 0 Å². The molecule has 0 aliphatic rings. The van der Waals surface area contributed by atoms with Gasteiger partial charge in [-0.3, -0.25) is 0 Å². The zero-order valence-corrected chi connectivity index (χ0v) is 17.3. The third-order valence-corrected chi connectivity index (χ3v) is 4.82. The van der Waals surface area contributed by atoms with Gasteiger partial charge in [0.15, 0.2) is 0 Å². The molecule has 8 heteroatoms. The highest BCUT2D eigenvalue weighted by Crippen LogP contribution is 2.37. The van der Waals surface area contributed by atoms with Gasteiger partial charge < -0.3 is 9.47 Å². The summed E-state index contributed by atoms with van der Waals surface area (Å²) in [5.41, 5.74) is 0.665. The molecule has 1 heterocycles. The normalized spacial score (nSPS) is 11.6. The maximum atomic E-state index is 13.2. The minimum atomic E-state index is -4.50. The summed E-state index contributed by atoms with van der Waals surface area (Å²) in [6.45, 7) is 5.60. The molecule has 0 unspecified atom stereocenters. The predicted molar refractivity (Wildman–Crippen MR) is 109 cm³/mol. The van der Waals surface area contributed by atoms with Crippen molar-refractivity contribution in [3.05, 3.63) is 58.1 Å². The van der Waals surface area contributed by atoms with Crippen LogP contribution in [0.5, 0.6) is 5.75 Å². The molecule has 3 aromatic rings. The van der Waals surface area contributed by atoms with E-state index in [-0.39, 0.29) is 23.4 Å². The molecule has 0 amide bonds.